The SMILES string of the molecule is CC(C)(C)OCC(=O)Nc1ccc(N)cc1F. The average Bonchev–Trinajstić information content (AvgIpc) is 2.18. The van der Waals surface area contributed by atoms with Crippen molar-refractivity contribution in [1.29, 1.82) is 0 Å². The highest BCUT2D eigenvalue weighted by Crippen LogP contribution is 2.17. The van der Waals surface area contributed by atoms with Gasteiger partial charge in [-0.15, -0.1) is 0 Å². The molecule has 0 fully saturated rings. The zero-order valence-electron chi connectivity index (χ0n) is 10.2. The third-order valence-corrected chi connectivity index (χ3v) is 1.90. The molecular formula is C12H17FN2O2. The summed E-state index contributed by atoms with van der Waals surface area (Å²) in [5.74, 6) is -0.960. The first-order valence-corrected chi connectivity index (χ1v) is 5.27. The highest BCUT2D eigenvalue weighted by atomic mass is 19.1. The summed E-state index contributed by atoms with van der Waals surface area (Å²) in [6.07, 6.45) is 0. The molecule has 1 amide bonds. The third kappa shape index (κ3) is 4.82. The number of ether oxygens (including phenoxy) is 1. The standard InChI is InChI=1S/C12H17FN2O2/c1-12(2,3)17-7-11(16)15-10-5-4-8(14)6-9(10)13/h4-6H,7,14H2,1-3H3,(H,15,16). The maximum absolute atomic E-state index is 13.3. The van der Waals surface area contributed by atoms with Crippen LogP contribution in [0.15, 0.2) is 18.2 Å². The van der Waals surface area contributed by atoms with E-state index in [1.54, 1.807) is 0 Å². The number of nitrogens with two attached hydrogens (primary N) is 1. The average molecular weight is 240 g/mol. The van der Waals surface area contributed by atoms with Crippen molar-refractivity contribution >= 4 is 17.3 Å². The number of benzene rings is 1. The Kier molecular flexibility index (Phi) is 4.07. The van der Waals surface area contributed by atoms with Gasteiger partial charge in [0, 0.05) is 5.69 Å². The molecule has 0 radical (unpaired) electrons. The maximum atomic E-state index is 13.3. The predicted octanol–water partition coefficient (Wildman–Crippen LogP) is 2.16. The number of amides is 1. The van der Waals surface area contributed by atoms with E-state index in [4.69, 9.17) is 10.5 Å². The summed E-state index contributed by atoms with van der Waals surface area (Å²) >= 11 is 0. The molecule has 0 atom stereocenters. The van der Waals surface area contributed by atoms with Crippen molar-refractivity contribution in [3.05, 3.63) is 24.0 Å². The Balaban J connectivity index is 2.57. The molecule has 0 aromatic heterocycles. The van der Waals surface area contributed by atoms with Gasteiger partial charge in [-0.05, 0) is 39.0 Å². The second-order valence-corrected chi connectivity index (χ2v) is 4.69. The van der Waals surface area contributed by atoms with Gasteiger partial charge in [0.2, 0.25) is 5.91 Å². The lowest BCUT2D eigenvalue weighted by Gasteiger charge is -2.19. The van der Waals surface area contributed by atoms with Crippen LogP contribution in [0.4, 0.5) is 15.8 Å². The summed E-state index contributed by atoms with van der Waals surface area (Å²) in [5, 5.41) is 2.42. The van der Waals surface area contributed by atoms with Crippen LogP contribution in [0, 0.1) is 5.82 Å². The van der Waals surface area contributed by atoms with Crippen molar-refractivity contribution in [2.75, 3.05) is 17.7 Å². The summed E-state index contributed by atoms with van der Waals surface area (Å²) in [6, 6.07) is 4.09. The minimum absolute atomic E-state index is 0.0988. The number of anilines is 2. The Bertz CT molecular complexity index is 413. The van der Waals surface area contributed by atoms with Crippen LogP contribution in [0.1, 0.15) is 20.8 Å². The summed E-state index contributed by atoms with van der Waals surface area (Å²) in [5.41, 5.74) is 5.40. The molecule has 3 N–H and O–H groups in total. The van der Waals surface area contributed by atoms with Gasteiger partial charge >= 0.3 is 0 Å². The Morgan fingerprint density at radius 3 is 2.65 bits per heavy atom. The molecule has 0 aliphatic carbocycles. The lowest BCUT2D eigenvalue weighted by atomic mass is 10.2. The van der Waals surface area contributed by atoms with E-state index in [9.17, 15) is 9.18 Å². The van der Waals surface area contributed by atoms with E-state index in [1.807, 2.05) is 20.8 Å². The lowest BCUT2D eigenvalue weighted by molar-refractivity contribution is -0.125. The molecule has 0 unspecified atom stereocenters. The fraction of sp³-hybridized carbons (Fsp3) is 0.417. The Hall–Kier alpha value is -1.62. The number of nitrogen functional groups attached to an aromatic ring is 1. The van der Waals surface area contributed by atoms with Gasteiger partial charge in [-0.2, -0.15) is 0 Å². The number of rotatable bonds is 3. The molecular weight excluding hydrogens is 223 g/mol. The quantitative estimate of drug-likeness (QED) is 0.796. The zero-order chi connectivity index (χ0) is 13.1. The summed E-state index contributed by atoms with van der Waals surface area (Å²) < 4.78 is 18.6. The molecule has 4 nitrogen and oxygen atoms in total. The van der Waals surface area contributed by atoms with Gasteiger partial charge in [-0.25, -0.2) is 4.39 Å². The summed E-state index contributed by atoms with van der Waals surface area (Å²) in [7, 11) is 0. The molecule has 0 aliphatic rings. The Labute approximate surface area is 100.0 Å². The molecule has 1 rings (SSSR count). The first kappa shape index (κ1) is 13.4. The molecule has 1 aromatic carbocycles. The number of carbonyl (C=O) groups excluding carboxylic acids is 1. The van der Waals surface area contributed by atoms with Gasteiger partial charge < -0.3 is 15.8 Å². The number of hydrogen-bond acceptors (Lipinski definition) is 3. The monoisotopic (exact) mass is 240 g/mol. The van der Waals surface area contributed by atoms with Gasteiger partial charge in [-0.1, -0.05) is 0 Å². The molecule has 5 heteroatoms. The predicted molar refractivity (Wildman–Crippen MR) is 65.1 cm³/mol. The van der Waals surface area contributed by atoms with Crippen LogP contribution in [-0.4, -0.2) is 18.1 Å². The normalized spacial score (nSPS) is 11.3. The van der Waals surface area contributed by atoms with E-state index in [0.717, 1.165) is 6.07 Å². The molecule has 0 saturated carbocycles. The Morgan fingerprint density at radius 2 is 2.12 bits per heavy atom. The van der Waals surface area contributed by atoms with Crippen molar-refractivity contribution < 1.29 is 13.9 Å². The lowest BCUT2D eigenvalue weighted by Crippen LogP contribution is -2.27. The van der Waals surface area contributed by atoms with E-state index in [0.29, 0.717) is 5.69 Å². The third-order valence-electron chi connectivity index (χ3n) is 1.90. The van der Waals surface area contributed by atoms with Crippen LogP contribution in [0.5, 0.6) is 0 Å². The fourth-order valence-corrected chi connectivity index (χ4v) is 1.10. The van der Waals surface area contributed by atoms with Gasteiger partial charge in [0.05, 0.1) is 11.3 Å². The van der Waals surface area contributed by atoms with Crippen LogP contribution in [-0.2, 0) is 9.53 Å². The largest absolute Gasteiger partial charge is 0.399 e. The molecule has 17 heavy (non-hydrogen) atoms. The summed E-state index contributed by atoms with van der Waals surface area (Å²) in [6.45, 7) is 5.39. The number of hydrogen-bond donors (Lipinski definition) is 2. The van der Waals surface area contributed by atoms with Crippen molar-refractivity contribution in [1.82, 2.24) is 0 Å². The number of nitrogens with one attached hydrogen (secondary N) is 1. The van der Waals surface area contributed by atoms with E-state index >= 15 is 0 Å². The Morgan fingerprint density at radius 1 is 1.47 bits per heavy atom. The number of carbonyl (C=O) groups is 1. The molecule has 0 heterocycles. The topological polar surface area (TPSA) is 64.3 Å². The minimum Gasteiger partial charge on any atom is -0.399 e. The minimum atomic E-state index is -0.561. The van der Waals surface area contributed by atoms with Crippen molar-refractivity contribution in [3.8, 4) is 0 Å². The molecule has 0 aliphatic heterocycles. The van der Waals surface area contributed by atoms with E-state index in [2.05, 4.69) is 5.32 Å². The molecule has 0 saturated heterocycles. The first-order chi connectivity index (χ1) is 7.78. The maximum Gasteiger partial charge on any atom is 0.250 e. The highest BCUT2D eigenvalue weighted by molar-refractivity contribution is 5.92. The molecule has 94 valence electrons. The van der Waals surface area contributed by atoms with Crippen LogP contribution in [0.3, 0.4) is 0 Å². The van der Waals surface area contributed by atoms with Crippen molar-refractivity contribution in [2.45, 2.75) is 26.4 Å². The number of halogens is 1. The van der Waals surface area contributed by atoms with E-state index in [1.165, 1.54) is 12.1 Å². The van der Waals surface area contributed by atoms with Gasteiger partial charge in [-0.3, -0.25) is 4.79 Å². The first-order valence-electron chi connectivity index (χ1n) is 5.27. The molecule has 0 bridgehead atoms. The smallest absolute Gasteiger partial charge is 0.250 e. The van der Waals surface area contributed by atoms with Gasteiger partial charge in [0.1, 0.15) is 12.4 Å². The van der Waals surface area contributed by atoms with Gasteiger partial charge in [0.25, 0.3) is 0 Å². The van der Waals surface area contributed by atoms with Crippen LogP contribution < -0.4 is 11.1 Å². The van der Waals surface area contributed by atoms with E-state index < -0.39 is 17.3 Å². The van der Waals surface area contributed by atoms with Crippen LogP contribution in [0.25, 0.3) is 0 Å². The van der Waals surface area contributed by atoms with Gasteiger partial charge in [0.15, 0.2) is 0 Å². The molecule has 0 spiro atoms. The van der Waals surface area contributed by atoms with Crippen LogP contribution in [0.2, 0.25) is 0 Å². The molecule has 1 aromatic rings. The van der Waals surface area contributed by atoms with E-state index in [-0.39, 0.29) is 12.3 Å². The summed E-state index contributed by atoms with van der Waals surface area (Å²) in [4.78, 5) is 11.5. The van der Waals surface area contributed by atoms with Crippen molar-refractivity contribution in [2.24, 2.45) is 0 Å². The fourth-order valence-electron chi connectivity index (χ4n) is 1.10. The second kappa shape index (κ2) is 5.14. The zero-order valence-corrected chi connectivity index (χ0v) is 10.2. The second-order valence-electron chi connectivity index (χ2n) is 4.69. The highest BCUT2D eigenvalue weighted by Gasteiger charge is 2.13. The van der Waals surface area contributed by atoms with Crippen LogP contribution >= 0.6 is 0 Å². The van der Waals surface area contributed by atoms with Crippen molar-refractivity contribution in [3.63, 3.8) is 0 Å².